The molecule has 2 aromatic heterocycles. The van der Waals surface area contributed by atoms with Crippen molar-refractivity contribution in [1.29, 1.82) is 0 Å². The van der Waals surface area contributed by atoms with Gasteiger partial charge in [-0.2, -0.15) is 0 Å². The molecule has 0 aliphatic rings. The number of pyridine rings is 1. The first kappa shape index (κ1) is 37.3. The number of rotatable bonds is 9. The minimum absolute atomic E-state index is 0. The molecule has 1 N–H and O–H groups in total. The molecule has 1 radical (unpaired) electrons. The van der Waals surface area contributed by atoms with Crippen LogP contribution in [-0.2, 0) is 24.9 Å². The predicted octanol–water partition coefficient (Wildman–Crippen LogP) is 12.0. The Morgan fingerprint density at radius 2 is 1.50 bits per heavy atom. The van der Waals surface area contributed by atoms with E-state index in [1.54, 1.807) is 6.20 Å². The molecule has 0 fully saturated rings. The van der Waals surface area contributed by atoms with Crippen molar-refractivity contribution >= 4 is 37.3 Å². The number of aliphatic hydroxyl groups is 1. The van der Waals surface area contributed by atoms with E-state index in [2.05, 4.69) is 30.1 Å². The number of ketones is 1. The Hall–Kier alpha value is -3.18. The van der Waals surface area contributed by atoms with E-state index in [-0.39, 0.29) is 48.3 Å². The molecule has 0 amide bonds. The van der Waals surface area contributed by atoms with Gasteiger partial charge in [0.15, 0.2) is 5.78 Å². The number of thiophene rings is 1. The molecule has 46 heavy (non-hydrogen) atoms. The zero-order chi connectivity index (χ0) is 32.9. The number of fused-ring (bicyclic) bond motifs is 3. The zero-order valence-corrected chi connectivity index (χ0v) is 31.4. The number of nitrogens with zero attached hydrogens (tertiary/aromatic N) is 1. The summed E-state index contributed by atoms with van der Waals surface area (Å²) in [6.07, 6.45) is 6.56. The van der Waals surface area contributed by atoms with Gasteiger partial charge in [-0.25, -0.2) is 4.39 Å². The second-order valence-corrected chi connectivity index (χ2v) is 13.5. The molecule has 2 heterocycles. The summed E-state index contributed by atoms with van der Waals surface area (Å²) in [7, 11) is 0. The molecular weight excluding hydrogens is 770 g/mol. The van der Waals surface area contributed by atoms with Crippen molar-refractivity contribution in [3.8, 4) is 22.4 Å². The van der Waals surface area contributed by atoms with E-state index in [1.807, 2.05) is 97.0 Å². The van der Waals surface area contributed by atoms with Crippen LogP contribution in [0.1, 0.15) is 78.4 Å². The monoisotopic (exact) mass is 815 g/mol. The number of aliphatic hydroxyl groups excluding tert-OH is 1. The second kappa shape index (κ2) is 15.6. The molecule has 0 aliphatic carbocycles. The number of halogens is 1. The first-order chi connectivity index (χ1) is 21.4. The molecule has 3 nitrogen and oxygen atoms in total. The number of hydrogen-bond donors (Lipinski definition) is 1. The third-order valence-electron chi connectivity index (χ3n) is 9.59. The normalized spacial score (nSPS) is 12.1. The van der Waals surface area contributed by atoms with Crippen LogP contribution in [0, 0.1) is 36.6 Å². The van der Waals surface area contributed by atoms with Crippen molar-refractivity contribution in [1.82, 2.24) is 4.98 Å². The van der Waals surface area contributed by atoms with Gasteiger partial charge in [-0.05, 0) is 42.7 Å². The summed E-state index contributed by atoms with van der Waals surface area (Å²) in [5, 5.41) is 12.1. The van der Waals surface area contributed by atoms with Crippen molar-refractivity contribution in [2.24, 2.45) is 10.8 Å². The summed E-state index contributed by atoms with van der Waals surface area (Å²) in [4.78, 5) is 16.8. The molecule has 0 saturated heterocycles. The maximum Gasteiger partial charge on any atom is 0.164 e. The van der Waals surface area contributed by atoms with Gasteiger partial charge in [0.1, 0.15) is 11.6 Å². The van der Waals surface area contributed by atoms with Gasteiger partial charge >= 0.3 is 0 Å². The molecule has 0 unspecified atom stereocenters. The first-order valence-corrected chi connectivity index (χ1v) is 16.7. The van der Waals surface area contributed by atoms with Gasteiger partial charge in [0.05, 0.1) is 4.70 Å². The number of aryl methyl sites for hydroxylation is 2. The zero-order valence-electron chi connectivity index (χ0n) is 28.2. The molecule has 0 aliphatic heterocycles. The Bertz CT molecular complexity index is 1820. The minimum Gasteiger partial charge on any atom is -0.512 e. The van der Waals surface area contributed by atoms with Crippen molar-refractivity contribution in [3.63, 3.8) is 0 Å². The van der Waals surface area contributed by atoms with E-state index in [0.717, 1.165) is 63.5 Å². The van der Waals surface area contributed by atoms with Gasteiger partial charge in [-0.15, -0.1) is 46.2 Å². The summed E-state index contributed by atoms with van der Waals surface area (Å²) in [5.74, 6) is 0.119. The Morgan fingerprint density at radius 3 is 2.09 bits per heavy atom. The molecule has 0 saturated carbocycles. The number of carbonyl (C=O) groups is 1. The van der Waals surface area contributed by atoms with Crippen LogP contribution in [0.25, 0.3) is 42.6 Å². The maximum absolute atomic E-state index is 15.4. The van der Waals surface area contributed by atoms with Crippen LogP contribution in [-0.4, -0.2) is 15.9 Å². The molecule has 6 heteroatoms. The van der Waals surface area contributed by atoms with E-state index in [1.165, 1.54) is 23.0 Å². The summed E-state index contributed by atoms with van der Waals surface area (Å²) >= 11 is 1.47. The Morgan fingerprint density at radius 1 is 0.891 bits per heavy atom. The van der Waals surface area contributed by atoms with Gasteiger partial charge in [0.25, 0.3) is 0 Å². The molecule has 5 aromatic rings. The summed E-state index contributed by atoms with van der Waals surface area (Å²) in [6, 6.07) is 23.1. The fourth-order valence-electron chi connectivity index (χ4n) is 5.47. The van der Waals surface area contributed by atoms with Gasteiger partial charge < -0.3 is 10.1 Å². The average Bonchev–Trinajstić information content (AvgIpc) is 3.44. The van der Waals surface area contributed by atoms with E-state index in [9.17, 15) is 9.90 Å². The minimum atomic E-state index is -0.337. The van der Waals surface area contributed by atoms with Gasteiger partial charge in [-0.1, -0.05) is 97.9 Å². The molecular formula is C40H45FIrNO2S-. The molecule has 5 rings (SSSR count). The predicted molar refractivity (Wildman–Crippen MR) is 189 cm³/mol. The Balaban J connectivity index is 0.000000280. The van der Waals surface area contributed by atoms with Crippen LogP contribution in [0.2, 0.25) is 0 Å². The molecule has 0 bridgehead atoms. The standard InChI is InChI=1S/C25H17FNS.C15H28O2.Ir/c1-15-12-16(2)14-18(13-15)23-25-21(10-11-27-23)20-9-8-19(22(26)24(20)28-25)17-6-4-3-5-7-17;1-7-14(5,8-2)12(16)11-13(17)15(6,9-3)10-4;/h3-13H,1-2H3;11,16H,7-10H2,1-6H3;/q-1;;/b;12-11-;. The maximum atomic E-state index is 15.4. The van der Waals surface area contributed by atoms with Crippen LogP contribution in [0.4, 0.5) is 4.39 Å². The van der Waals surface area contributed by atoms with Crippen LogP contribution in [0.15, 0.2) is 78.7 Å². The molecule has 245 valence electrons. The van der Waals surface area contributed by atoms with Crippen LogP contribution in [0.5, 0.6) is 0 Å². The third-order valence-corrected chi connectivity index (χ3v) is 10.8. The van der Waals surface area contributed by atoms with E-state index < -0.39 is 0 Å². The smallest absolute Gasteiger partial charge is 0.164 e. The summed E-state index contributed by atoms with van der Waals surface area (Å²) in [5.41, 5.74) is 4.99. The van der Waals surface area contributed by atoms with E-state index >= 15 is 4.39 Å². The third kappa shape index (κ3) is 7.68. The SMILES string of the molecule is CCC(C)(CC)C(=O)/C=C(\O)C(C)(CC)CC.Cc1[c-]c(-c2nccc3c2sc2c(F)c(-c4ccccc4)ccc23)cc(C)c1.[Ir]. The van der Waals surface area contributed by atoms with Crippen LogP contribution >= 0.6 is 11.3 Å². The van der Waals surface area contributed by atoms with Crippen molar-refractivity contribution < 1.29 is 34.4 Å². The Labute approximate surface area is 291 Å². The van der Waals surface area contributed by atoms with Gasteiger partial charge in [0.2, 0.25) is 0 Å². The topological polar surface area (TPSA) is 50.2 Å². The van der Waals surface area contributed by atoms with Crippen LogP contribution < -0.4 is 0 Å². The Kier molecular flexibility index (Phi) is 12.6. The molecule has 0 atom stereocenters. The van der Waals surface area contributed by atoms with Crippen molar-refractivity contribution in [2.45, 2.75) is 81.1 Å². The second-order valence-electron chi connectivity index (χ2n) is 12.5. The number of aromatic nitrogens is 1. The quantitative estimate of drug-likeness (QED) is 0.0916. The average molecular weight is 815 g/mol. The first-order valence-electron chi connectivity index (χ1n) is 15.9. The van der Waals surface area contributed by atoms with E-state index in [0.29, 0.717) is 10.3 Å². The largest absolute Gasteiger partial charge is 0.512 e. The fraction of sp³-hybridized carbons (Fsp3) is 0.350. The molecule has 0 spiro atoms. The summed E-state index contributed by atoms with van der Waals surface area (Å²) < 4.78 is 17.1. The summed E-state index contributed by atoms with van der Waals surface area (Å²) in [6.45, 7) is 16.2. The van der Waals surface area contributed by atoms with Crippen molar-refractivity contribution in [2.75, 3.05) is 0 Å². The number of hydrogen-bond acceptors (Lipinski definition) is 4. The fourth-order valence-corrected chi connectivity index (χ4v) is 6.71. The van der Waals surface area contributed by atoms with Crippen molar-refractivity contribution in [3.05, 3.63) is 102 Å². The number of carbonyl (C=O) groups excluding carboxylic acids is 1. The van der Waals surface area contributed by atoms with Gasteiger partial charge in [-0.3, -0.25) is 4.79 Å². The molecule has 3 aromatic carbocycles. The number of allylic oxidation sites excluding steroid dienone is 2. The van der Waals surface area contributed by atoms with E-state index in [4.69, 9.17) is 0 Å². The van der Waals surface area contributed by atoms with Gasteiger partial charge in [0, 0.05) is 64.6 Å². The van der Waals surface area contributed by atoms with Crippen LogP contribution in [0.3, 0.4) is 0 Å². The number of benzene rings is 3.